The Hall–Kier alpha value is -2.44. The van der Waals surface area contributed by atoms with Gasteiger partial charge in [0.05, 0.1) is 23.7 Å². The van der Waals surface area contributed by atoms with E-state index < -0.39 is 0 Å². The second kappa shape index (κ2) is 7.66. The second-order valence-corrected chi connectivity index (χ2v) is 7.66. The fraction of sp³-hybridized carbons (Fsp3) is 0.550. The van der Waals surface area contributed by atoms with E-state index in [-0.39, 0.29) is 17.8 Å². The van der Waals surface area contributed by atoms with E-state index in [0.29, 0.717) is 25.6 Å². The van der Waals surface area contributed by atoms with Crippen molar-refractivity contribution in [3.05, 3.63) is 41.6 Å². The highest BCUT2D eigenvalue weighted by atomic mass is 19.1. The fourth-order valence-corrected chi connectivity index (χ4v) is 4.36. The number of rotatable bonds is 3. The van der Waals surface area contributed by atoms with E-state index in [4.69, 9.17) is 0 Å². The first kappa shape index (κ1) is 17.9. The number of pyridine rings is 1. The van der Waals surface area contributed by atoms with Gasteiger partial charge < -0.3 is 9.80 Å². The molecular formula is C20H26FN5O. The van der Waals surface area contributed by atoms with Gasteiger partial charge in [-0.25, -0.2) is 9.37 Å². The highest BCUT2D eigenvalue weighted by Gasteiger charge is 2.31. The van der Waals surface area contributed by atoms with Gasteiger partial charge in [0.15, 0.2) is 0 Å². The molecule has 7 heteroatoms. The summed E-state index contributed by atoms with van der Waals surface area (Å²) in [5.74, 6) is 0.892. The van der Waals surface area contributed by atoms with Crippen LogP contribution in [0.15, 0.2) is 24.5 Å². The predicted molar refractivity (Wildman–Crippen MR) is 101 cm³/mol. The highest BCUT2D eigenvalue weighted by Crippen LogP contribution is 2.33. The molecule has 6 nitrogen and oxygen atoms in total. The number of piperazine rings is 1. The predicted octanol–water partition coefficient (Wildman–Crippen LogP) is 3.34. The van der Waals surface area contributed by atoms with Crippen LogP contribution in [0.1, 0.15) is 61.0 Å². The Labute approximate surface area is 158 Å². The zero-order chi connectivity index (χ0) is 18.8. The van der Waals surface area contributed by atoms with Gasteiger partial charge in [0.1, 0.15) is 11.6 Å². The molecule has 0 bridgehead atoms. The van der Waals surface area contributed by atoms with E-state index in [2.05, 4.69) is 27.0 Å². The third-order valence-corrected chi connectivity index (χ3v) is 5.83. The van der Waals surface area contributed by atoms with Crippen molar-refractivity contribution in [2.75, 3.05) is 24.5 Å². The van der Waals surface area contributed by atoms with Crippen LogP contribution in [0.4, 0.5) is 10.2 Å². The molecule has 1 unspecified atom stereocenters. The molecular weight excluding hydrogens is 345 g/mol. The fourth-order valence-electron chi connectivity index (χ4n) is 4.36. The maximum atomic E-state index is 13.1. The number of hydrogen-bond donors (Lipinski definition) is 1. The van der Waals surface area contributed by atoms with E-state index in [1.807, 2.05) is 4.90 Å². The van der Waals surface area contributed by atoms with Gasteiger partial charge in [-0.15, -0.1) is 0 Å². The molecule has 1 N–H and O–H groups in total. The topological polar surface area (TPSA) is 65.1 Å². The summed E-state index contributed by atoms with van der Waals surface area (Å²) in [6.45, 7) is 3.99. The average molecular weight is 371 g/mol. The number of amides is 1. The molecule has 1 atom stereocenters. The van der Waals surface area contributed by atoms with Crippen molar-refractivity contribution < 1.29 is 9.18 Å². The van der Waals surface area contributed by atoms with E-state index in [0.717, 1.165) is 29.9 Å². The van der Waals surface area contributed by atoms with E-state index >= 15 is 0 Å². The van der Waals surface area contributed by atoms with E-state index in [1.165, 1.54) is 31.5 Å². The number of aromatic amines is 1. The first-order valence-corrected chi connectivity index (χ1v) is 9.84. The smallest absolute Gasteiger partial charge is 0.257 e. The van der Waals surface area contributed by atoms with Crippen molar-refractivity contribution >= 4 is 11.7 Å². The largest absolute Gasteiger partial charge is 0.350 e. The molecule has 144 valence electrons. The Kier molecular flexibility index (Phi) is 5.09. The molecule has 2 fully saturated rings. The quantitative estimate of drug-likeness (QED) is 0.899. The number of nitrogens with zero attached hydrogens (tertiary/aromatic N) is 4. The number of aromatic nitrogens is 3. The van der Waals surface area contributed by atoms with Crippen LogP contribution in [0.5, 0.6) is 0 Å². The molecule has 0 radical (unpaired) electrons. The van der Waals surface area contributed by atoms with Gasteiger partial charge in [0.2, 0.25) is 0 Å². The number of nitrogens with one attached hydrogen (secondary N) is 1. The third-order valence-electron chi connectivity index (χ3n) is 5.83. The number of carbonyl (C=O) groups excluding carboxylic acids is 1. The lowest BCUT2D eigenvalue weighted by Crippen LogP contribution is -2.54. The molecule has 1 saturated carbocycles. The Morgan fingerprint density at radius 3 is 2.70 bits per heavy atom. The van der Waals surface area contributed by atoms with Crippen LogP contribution in [-0.2, 0) is 0 Å². The van der Waals surface area contributed by atoms with Gasteiger partial charge in [-0.2, -0.15) is 5.10 Å². The molecule has 1 amide bonds. The minimum absolute atomic E-state index is 0.0582. The normalized spacial score (nSPS) is 21.5. The summed E-state index contributed by atoms with van der Waals surface area (Å²) in [6.07, 6.45) is 8.90. The second-order valence-electron chi connectivity index (χ2n) is 7.66. The van der Waals surface area contributed by atoms with Crippen LogP contribution >= 0.6 is 0 Å². The summed E-state index contributed by atoms with van der Waals surface area (Å²) < 4.78 is 13.1. The van der Waals surface area contributed by atoms with Crippen LogP contribution in [0.25, 0.3) is 0 Å². The maximum Gasteiger partial charge on any atom is 0.257 e. The summed E-state index contributed by atoms with van der Waals surface area (Å²) in [6, 6.07) is 3.24. The molecule has 3 heterocycles. The van der Waals surface area contributed by atoms with Crippen LogP contribution < -0.4 is 4.90 Å². The van der Waals surface area contributed by atoms with Gasteiger partial charge in [-0.3, -0.25) is 9.89 Å². The Morgan fingerprint density at radius 1 is 1.19 bits per heavy atom. The van der Waals surface area contributed by atoms with Crippen LogP contribution in [-0.4, -0.2) is 51.7 Å². The molecule has 1 aliphatic heterocycles. The van der Waals surface area contributed by atoms with E-state index in [9.17, 15) is 9.18 Å². The zero-order valence-corrected chi connectivity index (χ0v) is 15.7. The monoisotopic (exact) mass is 371 g/mol. The summed E-state index contributed by atoms with van der Waals surface area (Å²) in [5, 5.41) is 7.27. The summed E-state index contributed by atoms with van der Waals surface area (Å²) in [4.78, 5) is 21.4. The summed E-state index contributed by atoms with van der Waals surface area (Å²) >= 11 is 0. The van der Waals surface area contributed by atoms with Crippen molar-refractivity contribution in [1.82, 2.24) is 20.1 Å². The van der Waals surface area contributed by atoms with Crippen molar-refractivity contribution in [1.29, 1.82) is 0 Å². The zero-order valence-electron chi connectivity index (χ0n) is 15.7. The minimum Gasteiger partial charge on any atom is -0.350 e. The number of carbonyl (C=O) groups is 1. The lowest BCUT2D eigenvalue weighted by molar-refractivity contribution is 0.0724. The van der Waals surface area contributed by atoms with Gasteiger partial charge in [0.25, 0.3) is 5.91 Å². The lowest BCUT2D eigenvalue weighted by Gasteiger charge is -2.40. The number of H-pyrrole nitrogens is 1. The van der Waals surface area contributed by atoms with Crippen LogP contribution in [0.3, 0.4) is 0 Å². The van der Waals surface area contributed by atoms with Gasteiger partial charge in [0, 0.05) is 31.6 Å². The van der Waals surface area contributed by atoms with Gasteiger partial charge >= 0.3 is 0 Å². The van der Waals surface area contributed by atoms with Crippen molar-refractivity contribution in [2.24, 2.45) is 0 Å². The molecule has 0 spiro atoms. The average Bonchev–Trinajstić information content (AvgIpc) is 3.19. The van der Waals surface area contributed by atoms with E-state index in [1.54, 1.807) is 12.3 Å². The first-order chi connectivity index (χ1) is 13.1. The first-order valence-electron chi connectivity index (χ1n) is 9.84. The van der Waals surface area contributed by atoms with Crippen molar-refractivity contribution in [2.45, 2.75) is 51.0 Å². The van der Waals surface area contributed by atoms with Crippen molar-refractivity contribution in [3.63, 3.8) is 0 Å². The molecule has 1 saturated heterocycles. The molecule has 27 heavy (non-hydrogen) atoms. The summed E-state index contributed by atoms with van der Waals surface area (Å²) in [7, 11) is 0. The van der Waals surface area contributed by atoms with Gasteiger partial charge in [-0.05, 0) is 31.9 Å². The number of hydrogen-bond acceptors (Lipinski definition) is 4. The molecule has 0 aromatic carbocycles. The Morgan fingerprint density at radius 2 is 2.00 bits per heavy atom. The van der Waals surface area contributed by atoms with Crippen molar-refractivity contribution in [3.8, 4) is 0 Å². The highest BCUT2D eigenvalue weighted by molar-refractivity contribution is 5.95. The molecule has 1 aliphatic carbocycles. The number of anilines is 1. The van der Waals surface area contributed by atoms with Gasteiger partial charge in [-0.1, -0.05) is 19.3 Å². The molecule has 2 aromatic heterocycles. The summed E-state index contributed by atoms with van der Waals surface area (Å²) in [5.41, 5.74) is 1.73. The maximum absolute atomic E-state index is 13.1. The molecule has 2 aliphatic rings. The minimum atomic E-state index is -0.338. The number of halogens is 1. The SMILES string of the molecule is CC1CN(C(=O)c2cn[nH]c2C2CCCCC2)CCN1c1ccc(F)cn1. The Balaban J connectivity index is 1.45. The van der Waals surface area contributed by atoms with Crippen LogP contribution in [0.2, 0.25) is 0 Å². The Bertz CT molecular complexity index is 784. The lowest BCUT2D eigenvalue weighted by atomic mass is 9.85. The standard InChI is InChI=1S/C20H26FN5O/c1-14-13-25(9-10-26(14)18-8-7-16(21)11-22-18)20(27)17-12-23-24-19(17)15-5-3-2-4-6-15/h7-8,11-12,14-15H,2-6,9-10,13H2,1H3,(H,23,24). The molecule has 2 aromatic rings. The van der Waals surface area contributed by atoms with Crippen LogP contribution in [0, 0.1) is 5.82 Å². The molecule has 4 rings (SSSR count). The third kappa shape index (κ3) is 3.68.